The van der Waals surface area contributed by atoms with Gasteiger partial charge in [-0.25, -0.2) is 4.79 Å². The van der Waals surface area contributed by atoms with Crippen molar-refractivity contribution in [3.63, 3.8) is 0 Å². The molecule has 1 saturated heterocycles. The number of amides is 1. The summed E-state index contributed by atoms with van der Waals surface area (Å²) in [4.78, 5) is 27.5. The number of ether oxygens (including phenoxy) is 1. The monoisotopic (exact) mass is 345 g/mol. The van der Waals surface area contributed by atoms with Gasteiger partial charge in [0.1, 0.15) is 11.6 Å². The second-order valence-corrected chi connectivity index (χ2v) is 8.26. The van der Waals surface area contributed by atoms with Gasteiger partial charge in [-0.1, -0.05) is 44.2 Å². The molecule has 1 amide bonds. The molecule has 2 rings (SSSR count). The largest absolute Gasteiger partial charge is 0.458 e. The Morgan fingerprint density at radius 1 is 1.20 bits per heavy atom. The van der Waals surface area contributed by atoms with E-state index in [0.717, 1.165) is 12.0 Å². The van der Waals surface area contributed by atoms with Gasteiger partial charge in [-0.15, -0.1) is 0 Å². The lowest BCUT2D eigenvalue weighted by molar-refractivity contribution is -0.164. The molecule has 1 aliphatic rings. The molecule has 1 fully saturated rings. The molecule has 0 spiro atoms. The third kappa shape index (κ3) is 5.32. The lowest BCUT2D eigenvalue weighted by atomic mass is 9.87. The number of benzene rings is 1. The maximum Gasteiger partial charge on any atom is 0.329 e. The molecule has 1 aliphatic heterocycles. The summed E-state index contributed by atoms with van der Waals surface area (Å²) in [5, 5.41) is 0. The van der Waals surface area contributed by atoms with Crippen molar-refractivity contribution < 1.29 is 14.3 Å². The first-order chi connectivity index (χ1) is 11.7. The minimum atomic E-state index is -0.532. The first-order valence-electron chi connectivity index (χ1n) is 9.26. The van der Waals surface area contributed by atoms with Gasteiger partial charge in [0.25, 0.3) is 0 Å². The van der Waals surface area contributed by atoms with Gasteiger partial charge in [-0.2, -0.15) is 0 Å². The van der Waals surface area contributed by atoms with Crippen LogP contribution in [0.15, 0.2) is 30.3 Å². The van der Waals surface area contributed by atoms with Crippen molar-refractivity contribution in [3.8, 4) is 0 Å². The van der Waals surface area contributed by atoms with E-state index in [0.29, 0.717) is 19.4 Å². The van der Waals surface area contributed by atoms with Gasteiger partial charge in [0.2, 0.25) is 5.91 Å². The summed E-state index contributed by atoms with van der Waals surface area (Å²) in [6.07, 6.45) is 2.25. The molecule has 1 heterocycles. The van der Waals surface area contributed by atoms with Crippen LogP contribution in [0.2, 0.25) is 0 Å². The lowest BCUT2D eigenvalue weighted by Gasteiger charge is -2.31. The average Bonchev–Trinajstić information content (AvgIpc) is 3.01. The van der Waals surface area contributed by atoms with Crippen LogP contribution in [-0.2, 0) is 20.7 Å². The van der Waals surface area contributed by atoms with Crippen molar-refractivity contribution in [1.82, 2.24) is 4.90 Å². The molecule has 0 aliphatic carbocycles. The summed E-state index contributed by atoms with van der Waals surface area (Å²) in [6, 6.07) is 9.64. The Morgan fingerprint density at radius 3 is 2.40 bits per heavy atom. The van der Waals surface area contributed by atoms with Crippen LogP contribution in [0, 0.1) is 11.8 Å². The third-order valence-corrected chi connectivity index (χ3v) is 4.64. The predicted molar refractivity (Wildman–Crippen MR) is 99.1 cm³/mol. The van der Waals surface area contributed by atoms with Gasteiger partial charge in [-0.05, 0) is 51.5 Å². The number of nitrogens with zero attached hydrogens (tertiary/aromatic N) is 1. The SMILES string of the molecule is CC(C)C(Cc1ccccc1)C(=O)N1CCC[C@H]1C(=O)OC(C)(C)C. The summed E-state index contributed by atoms with van der Waals surface area (Å²) < 4.78 is 5.53. The Hall–Kier alpha value is -1.84. The smallest absolute Gasteiger partial charge is 0.329 e. The average molecular weight is 345 g/mol. The molecule has 1 unspecified atom stereocenters. The summed E-state index contributed by atoms with van der Waals surface area (Å²) in [7, 11) is 0. The maximum absolute atomic E-state index is 13.2. The topological polar surface area (TPSA) is 46.6 Å². The number of carbonyl (C=O) groups excluding carboxylic acids is 2. The number of esters is 1. The molecule has 2 atom stereocenters. The van der Waals surface area contributed by atoms with E-state index in [1.807, 2.05) is 39.0 Å². The van der Waals surface area contributed by atoms with Crippen molar-refractivity contribution in [2.45, 2.75) is 65.5 Å². The van der Waals surface area contributed by atoms with Crippen molar-refractivity contribution in [2.24, 2.45) is 11.8 Å². The highest BCUT2D eigenvalue weighted by Gasteiger charge is 2.39. The lowest BCUT2D eigenvalue weighted by Crippen LogP contribution is -2.47. The molecular formula is C21H31NO3. The number of hydrogen-bond acceptors (Lipinski definition) is 3. The van der Waals surface area contributed by atoms with E-state index in [4.69, 9.17) is 4.74 Å². The standard InChI is InChI=1S/C21H31NO3/c1-15(2)17(14-16-10-7-6-8-11-16)19(23)22-13-9-12-18(22)20(24)25-21(3,4)5/h6-8,10-11,15,17-18H,9,12-14H2,1-5H3/t17?,18-/m0/s1. The summed E-state index contributed by atoms with van der Waals surface area (Å²) in [5.74, 6) is -0.106. The second-order valence-electron chi connectivity index (χ2n) is 8.26. The fourth-order valence-corrected chi connectivity index (χ4v) is 3.33. The van der Waals surface area contributed by atoms with E-state index in [1.165, 1.54) is 0 Å². The van der Waals surface area contributed by atoms with E-state index >= 15 is 0 Å². The van der Waals surface area contributed by atoms with E-state index in [1.54, 1.807) is 4.90 Å². The van der Waals surface area contributed by atoms with Crippen LogP contribution < -0.4 is 0 Å². The zero-order valence-electron chi connectivity index (χ0n) is 16.1. The highest BCUT2D eigenvalue weighted by molar-refractivity contribution is 5.87. The summed E-state index contributed by atoms with van der Waals surface area (Å²) >= 11 is 0. The molecule has 4 nitrogen and oxygen atoms in total. The van der Waals surface area contributed by atoms with E-state index in [2.05, 4.69) is 26.0 Å². The zero-order chi connectivity index (χ0) is 18.6. The molecule has 0 aromatic heterocycles. The number of rotatable bonds is 5. The molecular weight excluding hydrogens is 314 g/mol. The molecule has 25 heavy (non-hydrogen) atoms. The zero-order valence-corrected chi connectivity index (χ0v) is 16.1. The minimum Gasteiger partial charge on any atom is -0.458 e. The number of carbonyl (C=O) groups is 2. The quantitative estimate of drug-likeness (QED) is 0.762. The van der Waals surface area contributed by atoms with E-state index in [-0.39, 0.29) is 23.7 Å². The molecule has 138 valence electrons. The van der Waals surface area contributed by atoms with Gasteiger partial charge in [-0.3, -0.25) is 4.79 Å². The highest BCUT2D eigenvalue weighted by atomic mass is 16.6. The Kier molecular flexibility index (Phi) is 6.26. The molecule has 0 bridgehead atoms. The van der Waals surface area contributed by atoms with Crippen molar-refractivity contribution in [2.75, 3.05) is 6.54 Å². The maximum atomic E-state index is 13.2. The molecule has 0 N–H and O–H groups in total. The molecule has 1 aromatic carbocycles. The predicted octanol–water partition coefficient (Wildman–Crippen LogP) is 3.83. The van der Waals surface area contributed by atoms with Crippen LogP contribution in [0.1, 0.15) is 53.0 Å². The molecule has 0 radical (unpaired) electrons. The molecule has 1 aromatic rings. The first kappa shape index (κ1) is 19.5. The van der Waals surface area contributed by atoms with Crippen LogP contribution in [0.3, 0.4) is 0 Å². The van der Waals surface area contributed by atoms with Crippen LogP contribution in [-0.4, -0.2) is 35.0 Å². The highest BCUT2D eigenvalue weighted by Crippen LogP contribution is 2.27. The normalized spacial score (nSPS) is 19.1. The van der Waals surface area contributed by atoms with Gasteiger partial charge in [0, 0.05) is 12.5 Å². The fourth-order valence-electron chi connectivity index (χ4n) is 3.33. The van der Waals surface area contributed by atoms with E-state index < -0.39 is 11.6 Å². The molecule has 0 saturated carbocycles. The van der Waals surface area contributed by atoms with Gasteiger partial charge in [0.15, 0.2) is 0 Å². The third-order valence-electron chi connectivity index (χ3n) is 4.64. The second kappa shape index (κ2) is 8.03. The Bertz CT molecular complexity index is 589. The van der Waals surface area contributed by atoms with Crippen LogP contribution in [0.25, 0.3) is 0 Å². The minimum absolute atomic E-state index is 0.0761. The van der Waals surface area contributed by atoms with Gasteiger partial charge < -0.3 is 9.64 Å². The first-order valence-corrected chi connectivity index (χ1v) is 9.26. The van der Waals surface area contributed by atoms with Crippen molar-refractivity contribution in [1.29, 1.82) is 0 Å². The van der Waals surface area contributed by atoms with Crippen LogP contribution in [0.5, 0.6) is 0 Å². The van der Waals surface area contributed by atoms with Crippen molar-refractivity contribution in [3.05, 3.63) is 35.9 Å². The number of likely N-dealkylation sites (tertiary alicyclic amines) is 1. The van der Waals surface area contributed by atoms with Crippen LogP contribution in [0.4, 0.5) is 0 Å². The van der Waals surface area contributed by atoms with Crippen LogP contribution >= 0.6 is 0 Å². The number of hydrogen-bond donors (Lipinski definition) is 0. The Morgan fingerprint density at radius 2 is 1.84 bits per heavy atom. The Labute approximate surface area is 151 Å². The van der Waals surface area contributed by atoms with Crippen molar-refractivity contribution >= 4 is 11.9 Å². The van der Waals surface area contributed by atoms with E-state index in [9.17, 15) is 9.59 Å². The summed E-state index contributed by atoms with van der Waals surface area (Å²) in [5.41, 5.74) is 0.623. The fraction of sp³-hybridized carbons (Fsp3) is 0.619. The van der Waals surface area contributed by atoms with Gasteiger partial charge >= 0.3 is 5.97 Å². The van der Waals surface area contributed by atoms with Gasteiger partial charge in [0.05, 0.1) is 0 Å². The Balaban J connectivity index is 2.13. The molecule has 4 heteroatoms. The summed E-state index contributed by atoms with van der Waals surface area (Å²) in [6.45, 7) is 10.4.